The molecule has 0 bridgehead atoms. The summed E-state index contributed by atoms with van der Waals surface area (Å²) < 4.78 is 0. The third-order valence-corrected chi connectivity index (χ3v) is 3.33. The first-order valence-corrected chi connectivity index (χ1v) is 6.84. The molecule has 2 amide bonds. The summed E-state index contributed by atoms with van der Waals surface area (Å²) in [5, 5.41) is 2.81. The lowest BCUT2D eigenvalue weighted by Crippen LogP contribution is -2.38. The van der Waals surface area contributed by atoms with Gasteiger partial charge in [0.2, 0.25) is 11.8 Å². The van der Waals surface area contributed by atoms with Crippen molar-refractivity contribution in [3.63, 3.8) is 0 Å². The normalized spacial score (nSPS) is 19.3. The fourth-order valence-electron chi connectivity index (χ4n) is 2.17. The monoisotopic (exact) mass is 272 g/mol. The van der Waals surface area contributed by atoms with Gasteiger partial charge in [-0.15, -0.1) is 0 Å². The predicted octanol–water partition coefficient (Wildman–Crippen LogP) is 2.04. The fourth-order valence-corrected chi connectivity index (χ4v) is 2.17. The maximum atomic E-state index is 12.6. The molecule has 1 heterocycles. The zero-order chi connectivity index (χ0) is 14.5. The highest BCUT2D eigenvalue weighted by atomic mass is 16.2. The highest BCUT2D eigenvalue weighted by Crippen LogP contribution is 2.18. The number of allylic oxidation sites excluding steroid dienone is 1. The van der Waals surface area contributed by atoms with Crippen molar-refractivity contribution in [1.82, 2.24) is 10.2 Å². The van der Waals surface area contributed by atoms with Crippen LogP contribution >= 0.6 is 0 Å². The molecule has 4 heteroatoms. The molecule has 4 nitrogen and oxygen atoms in total. The molecule has 0 saturated carbocycles. The van der Waals surface area contributed by atoms with E-state index in [1.165, 1.54) is 0 Å². The van der Waals surface area contributed by atoms with Crippen LogP contribution in [0.5, 0.6) is 0 Å². The SMILES string of the molecule is CC(C)=CCN1CCC(=O)NC(c2ccccc2)C1=O. The minimum Gasteiger partial charge on any atom is -0.340 e. The van der Waals surface area contributed by atoms with Crippen LogP contribution in [0.4, 0.5) is 0 Å². The van der Waals surface area contributed by atoms with Gasteiger partial charge in [-0.25, -0.2) is 0 Å². The van der Waals surface area contributed by atoms with Crippen molar-refractivity contribution in [2.75, 3.05) is 13.1 Å². The van der Waals surface area contributed by atoms with Gasteiger partial charge >= 0.3 is 0 Å². The van der Waals surface area contributed by atoms with Crippen molar-refractivity contribution in [2.24, 2.45) is 0 Å². The zero-order valence-electron chi connectivity index (χ0n) is 11.9. The Hall–Kier alpha value is -2.10. The summed E-state index contributed by atoms with van der Waals surface area (Å²) in [5.74, 6) is -0.119. The molecule has 0 aliphatic carbocycles. The summed E-state index contributed by atoms with van der Waals surface area (Å²) in [5.41, 5.74) is 1.99. The van der Waals surface area contributed by atoms with E-state index in [2.05, 4.69) is 5.32 Å². The quantitative estimate of drug-likeness (QED) is 0.856. The summed E-state index contributed by atoms with van der Waals surface area (Å²) in [6.07, 6.45) is 2.36. The molecule has 1 aromatic carbocycles. The molecule has 1 atom stereocenters. The van der Waals surface area contributed by atoms with Crippen molar-refractivity contribution in [1.29, 1.82) is 0 Å². The molecule has 0 spiro atoms. The second-order valence-corrected chi connectivity index (χ2v) is 5.23. The van der Waals surface area contributed by atoms with Crippen LogP contribution in [-0.4, -0.2) is 29.8 Å². The summed E-state index contributed by atoms with van der Waals surface area (Å²) in [4.78, 5) is 26.1. The van der Waals surface area contributed by atoms with E-state index in [0.29, 0.717) is 19.5 Å². The first-order chi connectivity index (χ1) is 9.58. The Morgan fingerprint density at radius 2 is 2.00 bits per heavy atom. The Morgan fingerprint density at radius 3 is 2.65 bits per heavy atom. The first kappa shape index (κ1) is 14.3. The summed E-state index contributed by atoms with van der Waals surface area (Å²) in [6, 6.07) is 8.81. The minimum atomic E-state index is -0.572. The maximum absolute atomic E-state index is 12.6. The van der Waals surface area contributed by atoms with Crippen LogP contribution in [0.25, 0.3) is 0 Å². The first-order valence-electron chi connectivity index (χ1n) is 6.84. The van der Waals surface area contributed by atoms with Crippen LogP contribution in [0, 0.1) is 0 Å². The Morgan fingerprint density at radius 1 is 1.30 bits per heavy atom. The standard InChI is InChI=1S/C16H20N2O2/c1-12(2)8-10-18-11-9-14(19)17-15(16(18)20)13-6-4-3-5-7-13/h3-8,15H,9-11H2,1-2H3,(H,17,19). The number of rotatable bonds is 3. The molecule has 1 aliphatic rings. The number of amides is 2. The highest BCUT2D eigenvalue weighted by molar-refractivity contribution is 5.90. The molecule has 1 saturated heterocycles. The number of benzene rings is 1. The molecule has 0 aromatic heterocycles. The van der Waals surface area contributed by atoms with Gasteiger partial charge in [0.25, 0.3) is 0 Å². The molecule has 1 aromatic rings. The Kier molecular flexibility index (Phi) is 4.56. The maximum Gasteiger partial charge on any atom is 0.250 e. The molecular formula is C16H20N2O2. The van der Waals surface area contributed by atoms with Gasteiger partial charge in [0, 0.05) is 19.5 Å². The highest BCUT2D eigenvalue weighted by Gasteiger charge is 2.30. The van der Waals surface area contributed by atoms with Gasteiger partial charge in [-0.05, 0) is 19.4 Å². The molecule has 1 fully saturated rings. The molecule has 20 heavy (non-hydrogen) atoms. The van der Waals surface area contributed by atoms with Gasteiger partial charge in [-0.2, -0.15) is 0 Å². The lowest BCUT2D eigenvalue weighted by atomic mass is 10.1. The van der Waals surface area contributed by atoms with Gasteiger partial charge < -0.3 is 10.2 Å². The number of hydrogen-bond acceptors (Lipinski definition) is 2. The third-order valence-electron chi connectivity index (χ3n) is 3.33. The molecule has 106 valence electrons. The van der Waals surface area contributed by atoms with Crippen LogP contribution in [0.15, 0.2) is 42.0 Å². The van der Waals surface area contributed by atoms with E-state index in [0.717, 1.165) is 11.1 Å². The lowest BCUT2D eigenvalue weighted by molar-refractivity contribution is -0.133. The van der Waals surface area contributed by atoms with Crippen LogP contribution in [-0.2, 0) is 9.59 Å². The van der Waals surface area contributed by atoms with Crippen LogP contribution in [0.1, 0.15) is 31.9 Å². The average molecular weight is 272 g/mol. The van der Waals surface area contributed by atoms with E-state index >= 15 is 0 Å². The van der Waals surface area contributed by atoms with Gasteiger partial charge in [0.05, 0.1) is 0 Å². The number of hydrogen-bond donors (Lipinski definition) is 1. The summed E-state index contributed by atoms with van der Waals surface area (Å²) in [6.45, 7) is 5.03. The molecule has 2 rings (SSSR count). The topological polar surface area (TPSA) is 49.4 Å². The largest absolute Gasteiger partial charge is 0.340 e. The lowest BCUT2D eigenvalue weighted by Gasteiger charge is -2.23. The van der Waals surface area contributed by atoms with Crippen molar-refractivity contribution in [3.8, 4) is 0 Å². The number of nitrogens with one attached hydrogen (secondary N) is 1. The second kappa shape index (κ2) is 6.37. The van der Waals surface area contributed by atoms with Crippen LogP contribution in [0.2, 0.25) is 0 Å². The average Bonchev–Trinajstić information content (AvgIpc) is 2.58. The van der Waals surface area contributed by atoms with E-state index < -0.39 is 6.04 Å². The minimum absolute atomic E-state index is 0.0421. The van der Waals surface area contributed by atoms with E-state index in [4.69, 9.17) is 0 Å². The summed E-state index contributed by atoms with van der Waals surface area (Å²) >= 11 is 0. The van der Waals surface area contributed by atoms with Crippen molar-refractivity contribution >= 4 is 11.8 Å². The Labute approximate surface area is 119 Å². The molecule has 1 unspecified atom stereocenters. The van der Waals surface area contributed by atoms with E-state index in [-0.39, 0.29) is 11.8 Å². The number of nitrogens with zero attached hydrogens (tertiary/aromatic N) is 1. The van der Waals surface area contributed by atoms with Crippen molar-refractivity contribution < 1.29 is 9.59 Å². The molecule has 0 radical (unpaired) electrons. The van der Waals surface area contributed by atoms with Crippen molar-refractivity contribution in [3.05, 3.63) is 47.5 Å². The molecular weight excluding hydrogens is 252 g/mol. The van der Waals surface area contributed by atoms with Crippen LogP contribution < -0.4 is 5.32 Å². The fraction of sp³-hybridized carbons (Fsp3) is 0.375. The summed E-state index contributed by atoms with van der Waals surface area (Å²) in [7, 11) is 0. The third kappa shape index (κ3) is 3.47. The van der Waals surface area contributed by atoms with Gasteiger partial charge in [-0.1, -0.05) is 42.0 Å². The van der Waals surface area contributed by atoms with E-state index in [1.54, 1.807) is 4.90 Å². The predicted molar refractivity (Wildman–Crippen MR) is 78.0 cm³/mol. The Bertz CT molecular complexity index is 519. The van der Waals surface area contributed by atoms with E-state index in [1.807, 2.05) is 50.3 Å². The number of carbonyl (C=O) groups excluding carboxylic acids is 2. The molecule has 1 N–H and O–H groups in total. The van der Waals surface area contributed by atoms with Gasteiger partial charge in [0.1, 0.15) is 6.04 Å². The Balaban J connectivity index is 2.23. The van der Waals surface area contributed by atoms with Crippen LogP contribution in [0.3, 0.4) is 0 Å². The van der Waals surface area contributed by atoms with E-state index in [9.17, 15) is 9.59 Å². The zero-order valence-corrected chi connectivity index (χ0v) is 11.9. The number of carbonyl (C=O) groups is 2. The smallest absolute Gasteiger partial charge is 0.250 e. The van der Waals surface area contributed by atoms with Gasteiger partial charge in [0.15, 0.2) is 0 Å². The van der Waals surface area contributed by atoms with Gasteiger partial charge in [-0.3, -0.25) is 9.59 Å². The molecule has 1 aliphatic heterocycles. The van der Waals surface area contributed by atoms with Crippen molar-refractivity contribution in [2.45, 2.75) is 26.3 Å². The second-order valence-electron chi connectivity index (χ2n) is 5.23.